The highest BCUT2D eigenvalue weighted by Crippen LogP contribution is 2.31. The Bertz CT molecular complexity index is 970. The van der Waals surface area contributed by atoms with Crippen molar-refractivity contribution in [2.45, 2.75) is 337 Å². The molecule has 0 aromatic carbocycles. The maximum atomic E-state index is 5.39. The third-order valence-corrected chi connectivity index (χ3v) is 18.8. The number of ether oxygens (including phenoxy) is 2. The van der Waals surface area contributed by atoms with Crippen LogP contribution in [0.1, 0.15) is 329 Å². The molecular formula is C71H148O3. The summed E-state index contributed by atoms with van der Waals surface area (Å²) in [7, 11) is 0. The van der Waals surface area contributed by atoms with Crippen molar-refractivity contribution in [1.82, 2.24) is 0 Å². The van der Waals surface area contributed by atoms with Crippen LogP contribution in [0.5, 0.6) is 0 Å². The molecule has 2 N–H and O–H groups in total. The second-order valence-corrected chi connectivity index (χ2v) is 28.3. The van der Waals surface area contributed by atoms with Crippen molar-refractivity contribution in [2.24, 2.45) is 82.9 Å². The van der Waals surface area contributed by atoms with Crippen molar-refractivity contribution in [2.75, 3.05) is 13.2 Å². The Balaban J connectivity index is -0.000000250. The van der Waals surface area contributed by atoms with Gasteiger partial charge in [-0.1, -0.05) is 256 Å². The predicted molar refractivity (Wildman–Crippen MR) is 342 cm³/mol. The van der Waals surface area contributed by atoms with Crippen molar-refractivity contribution in [3.05, 3.63) is 23.3 Å². The highest BCUT2D eigenvalue weighted by atomic mass is 16.5. The first-order valence-electron chi connectivity index (χ1n) is 32.6. The maximum absolute atomic E-state index is 5.39. The largest absolute Gasteiger partial charge is 0.412 e. The monoisotopic (exact) mass is 1050 g/mol. The summed E-state index contributed by atoms with van der Waals surface area (Å²) in [5.74, 6) is 13.7. The summed E-state index contributed by atoms with van der Waals surface area (Å²) in [5.41, 5.74) is 3.17. The second-order valence-electron chi connectivity index (χ2n) is 28.3. The van der Waals surface area contributed by atoms with E-state index in [-0.39, 0.29) is 17.2 Å². The molecule has 7 fully saturated rings. The zero-order valence-electron chi connectivity index (χ0n) is 53.3. The summed E-state index contributed by atoms with van der Waals surface area (Å²) in [6.45, 7) is 43.5. The molecule has 450 valence electrons. The number of allylic oxidation sites excluding steroid dienone is 4. The summed E-state index contributed by atoms with van der Waals surface area (Å²) in [5, 5.41) is 0. The first-order valence-corrected chi connectivity index (χ1v) is 32.6. The lowest BCUT2D eigenvalue weighted by Crippen LogP contribution is -2.21. The van der Waals surface area contributed by atoms with Crippen LogP contribution in [0.15, 0.2) is 23.3 Å². The van der Waals surface area contributed by atoms with E-state index in [1.54, 1.807) is 11.1 Å². The van der Waals surface area contributed by atoms with Gasteiger partial charge < -0.3 is 14.9 Å². The van der Waals surface area contributed by atoms with Gasteiger partial charge in [0.2, 0.25) is 0 Å². The fourth-order valence-electron chi connectivity index (χ4n) is 11.4. The van der Waals surface area contributed by atoms with Crippen molar-refractivity contribution >= 4 is 0 Å². The van der Waals surface area contributed by atoms with Crippen LogP contribution in [0.2, 0.25) is 0 Å². The molecule has 0 amide bonds. The minimum Gasteiger partial charge on any atom is -0.412 e. The molecule has 2 saturated heterocycles. The Morgan fingerprint density at radius 1 is 0.284 bits per heavy atom. The van der Waals surface area contributed by atoms with Gasteiger partial charge in [0.25, 0.3) is 0 Å². The minimum atomic E-state index is 0. The molecule has 0 spiro atoms. The molecule has 2 heterocycles. The molecule has 9 rings (SSSR count). The van der Waals surface area contributed by atoms with Gasteiger partial charge in [0.15, 0.2) is 0 Å². The van der Waals surface area contributed by atoms with Gasteiger partial charge in [-0.25, -0.2) is 0 Å². The van der Waals surface area contributed by atoms with Crippen LogP contribution in [0, 0.1) is 82.9 Å². The van der Waals surface area contributed by atoms with E-state index in [4.69, 9.17) is 9.47 Å². The van der Waals surface area contributed by atoms with Gasteiger partial charge in [0, 0.05) is 17.5 Å². The molecule has 0 radical (unpaired) electrons. The van der Waals surface area contributed by atoms with Crippen molar-refractivity contribution < 1.29 is 19.2 Å². The van der Waals surface area contributed by atoms with Crippen LogP contribution in [0.25, 0.3) is 0 Å². The van der Waals surface area contributed by atoms with Gasteiger partial charge in [-0.2, -0.15) is 0 Å². The number of hydrogen-bond donors (Lipinski definition) is 0. The summed E-state index contributed by atoms with van der Waals surface area (Å²) in [6.07, 6.45) is 48.5. The highest BCUT2D eigenvalue weighted by Gasteiger charge is 2.18. The lowest BCUT2D eigenvalue weighted by atomic mass is 9.84. The standard InChI is InChI=1S/5C8H16.2C8H14.2C7H14O.CH4.H2O.3H2/c7*1-7-3-5-8(2)6-4-7;2*1-6-3-4-7(2)8-5-6;;;;;/h5*7-8H,3-6H2,1-2H3;2*3,8H,4-6H2,1-2H3;2*6-7H,3-5H2,1-2H3;1H4;1H2;3*1H/i;;;;;;;;;;;1+1;;. The Labute approximate surface area is 473 Å². The van der Waals surface area contributed by atoms with E-state index >= 15 is 0 Å². The van der Waals surface area contributed by atoms with Crippen LogP contribution in [0.4, 0.5) is 0 Å². The fraction of sp³-hybridized carbons (Fsp3) is 0.944. The van der Waals surface area contributed by atoms with Gasteiger partial charge in [-0.15, -0.1) is 0 Å². The Kier molecular flexibility index (Phi) is 47.0. The van der Waals surface area contributed by atoms with Crippen LogP contribution in [-0.2, 0) is 9.47 Å². The summed E-state index contributed by atoms with van der Waals surface area (Å²) >= 11 is 0. The summed E-state index contributed by atoms with van der Waals surface area (Å²) < 4.78 is 10.8. The zero-order valence-corrected chi connectivity index (χ0v) is 53.3. The smallest absolute Gasteiger partial charge is 0.0547 e. The summed E-state index contributed by atoms with van der Waals surface area (Å²) in [6, 6.07) is 0. The van der Waals surface area contributed by atoms with E-state index in [1.165, 1.54) is 193 Å². The van der Waals surface area contributed by atoms with E-state index in [1.807, 2.05) is 0 Å². The molecular weight excluding hydrogens is 901 g/mol. The third-order valence-electron chi connectivity index (χ3n) is 18.8. The average Bonchev–Trinajstić information content (AvgIpc) is 3.36. The lowest BCUT2D eigenvalue weighted by Gasteiger charge is -2.23. The number of rotatable bonds is 0. The molecule has 6 atom stereocenters. The molecule has 3 nitrogen and oxygen atoms in total. The fourth-order valence-corrected chi connectivity index (χ4v) is 11.4. The minimum absolute atomic E-state index is 0. The van der Waals surface area contributed by atoms with Gasteiger partial charge in [-0.3, -0.25) is 0 Å². The maximum Gasteiger partial charge on any atom is 0.0547 e. The first kappa shape index (κ1) is 75.4. The molecule has 0 aromatic rings. The highest BCUT2D eigenvalue weighted by molar-refractivity contribution is 5.02. The van der Waals surface area contributed by atoms with Crippen LogP contribution in [-0.4, -0.2) is 30.9 Å². The van der Waals surface area contributed by atoms with Crippen molar-refractivity contribution in [1.29, 1.82) is 0 Å². The van der Waals surface area contributed by atoms with Crippen molar-refractivity contribution in [3.8, 4) is 0 Å². The molecule has 74 heavy (non-hydrogen) atoms. The van der Waals surface area contributed by atoms with Crippen LogP contribution >= 0.6 is 0 Å². The molecule has 3 heteroatoms. The topological polar surface area (TPSA) is 50.0 Å². The Morgan fingerprint density at radius 3 is 0.568 bits per heavy atom. The lowest BCUT2D eigenvalue weighted by molar-refractivity contribution is 0.000174. The molecule has 7 aliphatic carbocycles. The average molecular weight is 1050 g/mol. The van der Waals surface area contributed by atoms with E-state index in [0.29, 0.717) is 12.2 Å². The zero-order chi connectivity index (χ0) is 53.8. The molecule has 0 aromatic heterocycles. The molecule has 5 saturated carbocycles. The van der Waals surface area contributed by atoms with E-state index in [9.17, 15) is 0 Å². The molecule has 9 aliphatic rings. The van der Waals surface area contributed by atoms with E-state index in [0.717, 1.165) is 96.1 Å². The van der Waals surface area contributed by atoms with Crippen molar-refractivity contribution in [3.63, 3.8) is 0 Å². The number of hydrogen-bond acceptors (Lipinski definition) is 2. The quantitative estimate of drug-likeness (QED) is 0.227. The van der Waals surface area contributed by atoms with Gasteiger partial charge >= 0.3 is 0 Å². The van der Waals surface area contributed by atoms with E-state index < -0.39 is 0 Å². The molecule has 2 aliphatic heterocycles. The van der Waals surface area contributed by atoms with Gasteiger partial charge in [0.05, 0.1) is 12.2 Å². The first-order chi connectivity index (χ1) is 34.1. The van der Waals surface area contributed by atoms with Crippen LogP contribution < -0.4 is 0 Å². The van der Waals surface area contributed by atoms with E-state index in [2.05, 4.69) is 137 Å². The Hall–Kier alpha value is -0.640. The summed E-state index contributed by atoms with van der Waals surface area (Å²) in [4.78, 5) is 0. The predicted octanol–water partition coefficient (Wildman–Crippen LogP) is 23.9. The molecule has 0 bridgehead atoms. The second kappa shape index (κ2) is 46.1. The van der Waals surface area contributed by atoms with Gasteiger partial charge in [0.1, 0.15) is 0 Å². The van der Waals surface area contributed by atoms with Crippen LogP contribution in [0.3, 0.4) is 0 Å². The molecule has 6 unspecified atom stereocenters. The SMILES string of the molecule is C.CC1=CCC(C)CC1.CC1=CCC(C)CC1.CC1CCC(C)CC1.CC1CCC(C)CC1.CC1CCC(C)CC1.CC1CCC(C)CC1.CC1CCC(C)CC1.CC1CCC(C)OC1.CC1CCC(C)OC1.O.[2HH].[HH].[HH]. The third kappa shape index (κ3) is 44.2. The Morgan fingerprint density at radius 2 is 0.459 bits per heavy atom. The van der Waals surface area contributed by atoms with Gasteiger partial charge in [-0.05, 0) is 175 Å². The normalized spacial score (nSPS) is 36.5.